The van der Waals surface area contributed by atoms with Gasteiger partial charge in [-0.25, -0.2) is 4.39 Å². The van der Waals surface area contributed by atoms with E-state index in [0.29, 0.717) is 0 Å². The Morgan fingerprint density at radius 3 is 3.05 bits per heavy atom. The lowest BCUT2D eigenvalue weighted by Gasteiger charge is -2.20. The van der Waals surface area contributed by atoms with Gasteiger partial charge in [-0.05, 0) is 37.1 Å². The summed E-state index contributed by atoms with van der Waals surface area (Å²) in [6.45, 7) is 3.78. The molecule has 0 aliphatic carbocycles. The van der Waals surface area contributed by atoms with Crippen molar-refractivity contribution in [2.24, 2.45) is 0 Å². The molecule has 3 rings (SSSR count). The van der Waals surface area contributed by atoms with Gasteiger partial charge in [0.25, 0.3) is 0 Å². The predicted octanol–water partition coefficient (Wildman–Crippen LogP) is 3.35. The van der Waals surface area contributed by atoms with E-state index in [-0.39, 0.29) is 5.82 Å². The highest BCUT2D eigenvalue weighted by Gasteiger charge is 2.21. The number of rotatable bonds is 3. The third-order valence-electron chi connectivity index (χ3n) is 3.36. The SMILES string of the molecule is CCNc1cncc(N2CCc3ccc(F)cc32)c1. The lowest BCUT2D eigenvalue weighted by atomic mass is 10.1. The molecule has 2 heterocycles. The Bertz CT molecular complexity index is 598. The molecule has 19 heavy (non-hydrogen) atoms. The molecule has 3 nitrogen and oxygen atoms in total. The predicted molar refractivity (Wildman–Crippen MR) is 75.5 cm³/mol. The lowest BCUT2D eigenvalue weighted by molar-refractivity contribution is 0.628. The summed E-state index contributed by atoms with van der Waals surface area (Å²) >= 11 is 0. The van der Waals surface area contributed by atoms with Gasteiger partial charge in [-0.1, -0.05) is 6.07 Å². The summed E-state index contributed by atoms with van der Waals surface area (Å²) in [6, 6.07) is 7.04. The van der Waals surface area contributed by atoms with E-state index in [1.807, 2.05) is 19.2 Å². The maximum absolute atomic E-state index is 13.4. The molecule has 0 spiro atoms. The van der Waals surface area contributed by atoms with Gasteiger partial charge in [-0.2, -0.15) is 0 Å². The topological polar surface area (TPSA) is 28.2 Å². The van der Waals surface area contributed by atoms with Crippen molar-refractivity contribution >= 4 is 17.1 Å². The molecule has 1 aromatic carbocycles. The molecule has 4 heteroatoms. The van der Waals surface area contributed by atoms with Gasteiger partial charge < -0.3 is 10.2 Å². The number of fused-ring (bicyclic) bond motifs is 1. The number of aromatic nitrogens is 1. The molecule has 98 valence electrons. The lowest BCUT2D eigenvalue weighted by Crippen LogP contribution is -2.14. The number of benzene rings is 1. The van der Waals surface area contributed by atoms with Gasteiger partial charge >= 0.3 is 0 Å². The molecule has 0 saturated carbocycles. The minimum absolute atomic E-state index is 0.193. The Labute approximate surface area is 112 Å². The van der Waals surface area contributed by atoms with Crippen LogP contribution in [0.3, 0.4) is 0 Å². The monoisotopic (exact) mass is 257 g/mol. The highest BCUT2D eigenvalue weighted by molar-refractivity contribution is 5.71. The molecule has 1 N–H and O–H groups in total. The number of hydrogen-bond acceptors (Lipinski definition) is 3. The van der Waals surface area contributed by atoms with Crippen LogP contribution in [0.2, 0.25) is 0 Å². The first-order valence-electron chi connectivity index (χ1n) is 6.53. The van der Waals surface area contributed by atoms with E-state index < -0.39 is 0 Å². The molecular weight excluding hydrogens is 241 g/mol. The normalized spacial score (nSPS) is 13.5. The molecule has 1 aromatic heterocycles. The van der Waals surface area contributed by atoms with E-state index in [1.54, 1.807) is 12.3 Å². The van der Waals surface area contributed by atoms with Crippen LogP contribution in [0, 0.1) is 5.82 Å². The summed E-state index contributed by atoms with van der Waals surface area (Å²) in [5.74, 6) is -0.193. The Morgan fingerprint density at radius 2 is 2.21 bits per heavy atom. The highest BCUT2D eigenvalue weighted by atomic mass is 19.1. The van der Waals surface area contributed by atoms with Crippen LogP contribution in [0.4, 0.5) is 21.5 Å². The third-order valence-corrected chi connectivity index (χ3v) is 3.36. The molecule has 0 atom stereocenters. The quantitative estimate of drug-likeness (QED) is 0.914. The molecule has 1 aliphatic rings. The zero-order valence-electron chi connectivity index (χ0n) is 10.9. The molecule has 0 fully saturated rings. The van der Waals surface area contributed by atoms with Crippen LogP contribution in [0.25, 0.3) is 0 Å². The maximum atomic E-state index is 13.4. The second-order valence-corrected chi connectivity index (χ2v) is 4.64. The van der Waals surface area contributed by atoms with Gasteiger partial charge in [0.1, 0.15) is 5.82 Å². The minimum atomic E-state index is -0.193. The number of halogens is 1. The fraction of sp³-hybridized carbons (Fsp3) is 0.267. The molecule has 0 radical (unpaired) electrons. The van der Waals surface area contributed by atoms with Crippen LogP contribution in [0.5, 0.6) is 0 Å². The third kappa shape index (κ3) is 2.26. The van der Waals surface area contributed by atoms with E-state index in [2.05, 4.69) is 21.3 Å². The zero-order valence-corrected chi connectivity index (χ0v) is 10.9. The van der Waals surface area contributed by atoms with E-state index in [0.717, 1.165) is 36.6 Å². The highest BCUT2D eigenvalue weighted by Crippen LogP contribution is 2.35. The standard InChI is InChI=1S/C15H16FN3/c1-2-18-13-8-14(10-17-9-13)19-6-5-11-3-4-12(16)7-15(11)19/h3-4,7-10,18H,2,5-6H2,1H3. The number of hydrogen-bond donors (Lipinski definition) is 1. The summed E-state index contributed by atoms with van der Waals surface area (Å²) < 4.78 is 13.4. The fourth-order valence-corrected chi connectivity index (χ4v) is 2.50. The van der Waals surface area contributed by atoms with Crippen LogP contribution in [-0.2, 0) is 6.42 Å². The number of nitrogens with one attached hydrogen (secondary N) is 1. The van der Waals surface area contributed by atoms with Gasteiger partial charge in [0.05, 0.1) is 23.8 Å². The van der Waals surface area contributed by atoms with Crippen LogP contribution in [0.15, 0.2) is 36.7 Å². The molecular formula is C15H16FN3. The van der Waals surface area contributed by atoms with Crippen LogP contribution in [0.1, 0.15) is 12.5 Å². The van der Waals surface area contributed by atoms with E-state index in [9.17, 15) is 4.39 Å². The van der Waals surface area contributed by atoms with Crippen molar-refractivity contribution < 1.29 is 4.39 Å². The van der Waals surface area contributed by atoms with Gasteiger partial charge in [-0.3, -0.25) is 4.98 Å². The Hall–Kier alpha value is -2.10. The average molecular weight is 257 g/mol. The minimum Gasteiger partial charge on any atom is -0.384 e. The first kappa shape index (κ1) is 12.0. The Kier molecular flexibility index (Phi) is 3.07. The van der Waals surface area contributed by atoms with E-state index >= 15 is 0 Å². The number of nitrogens with zero attached hydrogens (tertiary/aromatic N) is 2. The molecule has 0 amide bonds. The van der Waals surface area contributed by atoms with Gasteiger partial charge in [-0.15, -0.1) is 0 Å². The largest absolute Gasteiger partial charge is 0.384 e. The van der Waals surface area contributed by atoms with Crippen molar-refractivity contribution in [3.63, 3.8) is 0 Å². The Balaban J connectivity index is 1.96. The molecule has 0 saturated heterocycles. The zero-order chi connectivity index (χ0) is 13.2. The summed E-state index contributed by atoms with van der Waals surface area (Å²) in [4.78, 5) is 6.36. The summed E-state index contributed by atoms with van der Waals surface area (Å²) in [7, 11) is 0. The fourth-order valence-electron chi connectivity index (χ4n) is 2.50. The second kappa shape index (κ2) is 4.88. The maximum Gasteiger partial charge on any atom is 0.125 e. The van der Waals surface area contributed by atoms with Crippen molar-refractivity contribution in [1.82, 2.24) is 4.98 Å². The van der Waals surface area contributed by atoms with Crippen LogP contribution >= 0.6 is 0 Å². The number of anilines is 3. The van der Waals surface area contributed by atoms with E-state index in [1.165, 1.54) is 11.6 Å². The van der Waals surface area contributed by atoms with Crippen molar-refractivity contribution in [2.45, 2.75) is 13.3 Å². The van der Waals surface area contributed by atoms with Crippen LogP contribution < -0.4 is 10.2 Å². The van der Waals surface area contributed by atoms with Crippen molar-refractivity contribution in [1.29, 1.82) is 0 Å². The second-order valence-electron chi connectivity index (χ2n) is 4.64. The van der Waals surface area contributed by atoms with Crippen molar-refractivity contribution in [3.05, 3.63) is 48.0 Å². The average Bonchev–Trinajstić information content (AvgIpc) is 2.82. The first-order chi connectivity index (χ1) is 9.28. The van der Waals surface area contributed by atoms with Crippen molar-refractivity contribution in [3.8, 4) is 0 Å². The Morgan fingerprint density at radius 1 is 1.32 bits per heavy atom. The summed E-state index contributed by atoms with van der Waals surface area (Å²) in [6.07, 6.45) is 4.57. The number of pyridine rings is 1. The van der Waals surface area contributed by atoms with Gasteiger partial charge in [0.15, 0.2) is 0 Å². The molecule has 1 aliphatic heterocycles. The molecule has 0 unspecified atom stereocenters. The molecule has 2 aromatic rings. The first-order valence-corrected chi connectivity index (χ1v) is 6.53. The van der Waals surface area contributed by atoms with Crippen molar-refractivity contribution in [2.75, 3.05) is 23.3 Å². The van der Waals surface area contributed by atoms with E-state index in [4.69, 9.17) is 0 Å². The van der Waals surface area contributed by atoms with Crippen LogP contribution in [-0.4, -0.2) is 18.1 Å². The smallest absolute Gasteiger partial charge is 0.125 e. The summed E-state index contributed by atoms with van der Waals surface area (Å²) in [5.41, 5.74) is 4.14. The molecule has 0 bridgehead atoms. The van der Waals surface area contributed by atoms with Gasteiger partial charge in [0.2, 0.25) is 0 Å². The summed E-state index contributed by atoms with van der Waals surface area (Å²) in [5, 5.41) is 3.24. The van der Waals surface area contributed by atoms with Gasteiger partial charge in [0, 0.05) is 18.8 Å².